The third-order valence-corrected chi connectivity index (χ3v) is 5.15. The molecule has 4 unspecified atom stereocenters. The van der Waals surface area contributed by atoms with Crippen molar-refractivity contribution in [3.05, 3.63) is 11.1 Å². The summed E-state index contributed by atoms with van der Waals surface area (Å²) >= 11 is 0. The SMILES string of the molecule is CC1=C(CC2CCCC(C)C2(C)C=O)C(=O)OC1O. The summed E-state index contributed by atoms with van der Waals surface area (Å²) in [6, 6.07) is 0. The highest BCUT2D eigenvalue weighted by atomic mass is 16.6. The number of hydrogen-bond donors (Lipinski definition) is 1. The van der Waals surface area contributed by atoms with E-state index in [1.807, 2.05) is 6.92 Å². The second-order valence-electron chi connectivity index (χ2n) is 6.14. The molecule has 0 aromatic carbocycles. The average Bonchev–Trinajstić information content (AvgIpc) is 2.61. The standard InChI is InChI=1S/C15H22O4/c1-9-5-4-6-11(15(9,3)8-16)7-12-10(2)13(17)19-14(12)18/h8-9,11,13,17H,4-7H2,1-3H3. The van der Waals surface area contributed by atoms with Crippen molar-refractivity contribution in [2.75, 3.05) is 0 Å². The molecule has 4 heteroatoms. The van der Waals surface area contributed by atoms with Gasteiger partial charge in [-0.15, -0.1) is 0 Å². The first-order valence-corrected chi connectivity index (χ1v) is 6.95. The maximum Gasteiger partial charge on any atom is 0.336 e. The number of ether oxygens (including phenoxy) is 1. The number of cyclic esters (lactones) is 1. The first kappa shape index (κ1) is 14.3. The Balaban J connectivity index is 2.22. The summed E-state index contributed by atoms with van der Waals surface area (Å²) in [5.74, 6) is 0.0417. The number of aliphatic hydroxyl groups is 1. The minimum Gasteiger partial charge on any atom is -0.428 e. The van der Waals surface area contributed by atoms with Crippen LogP contribution in [0.5, 0.6) is 0 Å². The van der Waals surface area contributed by atoms with E-state index in [1.165, 1.54) is 0 Å². The van der Waals surface area contributed by atoms with E-state index >= 15 is 0 Å². The maximum atomic E-state index is 11.7. The third-order valence-electron chi connectivity index (χ3n) is 5.15. The van der Waals surface area contributed by atoms with Gasteiger partial charge in [-0.25, -0.2) is 4.79 Å². The number of carbonyl (C=O) groups is 2. The Hall–Kier alpha value is -1.16. The van der Waals surface area contributed by atoms with E-state index in [-0.39, 0.29) is 11.3 Å². The van der Waals surface area contributed by atoms with E-state index in [2.05, 4.69) is 6.92 Å². The molecule has 4 atom stereocenters. The smallest absolute Gasteiger partial charge is 0.336 e. The first-order chi connectivity index (χ1) is 8.90. The number of hydrogen-bond acceptors (Lipinski definition) is 4. The van der Waals surface area contributed by atoms with E-state index in [0.717, 1.165) is 25.5 Å². The second-order valence-corrected chi connectivity index (χ2v) is 6.14. The van der Waals surface area contributed by atoms with Crippen LogP contribution in [0.15, 0.2) is 11.1 Å². The molecule has 0 bridgehead atoms. The maximum absolute atomic E-state index is 11.7. The molecule has 2 rings (SSSR count). The van der Waals surface area contributed by atoms with Crippen LogP contribution < -0.4 is 0 Å². The van der Waals surface area contributed by atoms with Gasteiger partial charge >= 0.3 is 5.97 Å². The summed E-state index contributed by atoms with van der Waals surface area (Å²) in [4.78, 5) is 23.2. The molecule has 1 fully saturated rings. The highest BCUT2D eigenvalue weighted by Gasteiger charge is 2.43. The van der Waals surface area contributed by atoms with E-state index < -0.39 is 12.3 Å². The summed E-state index contributed by atoms with van der Waals surface area (Å²) in [5.41, 5.74) is 0.760. The third kappa shape index (κ3) is 2.34. The van der Waals surface area contributed by atoms with E-state index in [0.29, 0.717) is 23.5 Å². The van der Waals surface area contributed by atoms with Crippen LogP contribution in [0.2, 0.25) is 0 Å². The lowest BCUT2D eigenvalue weighted by Crippen LogP contribution is -2.39. The predicted molar refractivity (Wildman–Crippen MR) is 70.1 cm³/mol. The monoisotopic (exact) mass is 266 g/mol. The van der Waals surface area contributed by atoms with Crippen molar-refractivity contribution >= 4 is 12.3 Å². The largest absolute Gasteiger partial charge is 0.428 e. The van der Waals surface area contributed by atoms with Gasteiger partial charge in [-0.05, 0) is 38.0 Å². The molecule has 0 amide bonds. The van der Waals surface area contributed by atoms with E-state index in [1.54, 1.807) is 6.92 Å². The Morgan fingerprint density at radius 2 is 2.16 bits per heavy atom. The summed E-state index contributed by atoms with van der Waals surface area (Å²) in [7, 11) is 0. The normalized spacial score (nSPS) is 39.4. The Labute approximate surface area is 113 Å². The molecule has 106 valence electrons. The molecular formula is C15H22O4. The zero-order valence-corrected chi connectivity index (χ0v) is 11.8. The first-order valence-electron chi connectivity index (χ1n) is 6.95. The second kappa shape index (κ2) is 5.08. The zero-order valence-electron chi connectivity index (χ0n) is 11.8. The molecule has 4 nitrogen and oxygen atoms in total. The topological polar surface area (TPSA) is 63.6 Å². The lowest BCUT2D eigenvalue weighted by Gasteiger charge is -2.42. The molecule has 2 aliphatic rings. The highest BCUT2D eigenvalue weighted by Crippen LogP contribution is 2.47. The minimum absolute atomic E-state index is 0.150. The molecule has 1 aliphatic heterocycles. The highest BCUT2D eigenvalue weighted by molar-refractivity contribution is 5.92. The zero-order chi connectivity index (χ0) is 14.2. The molecule has 1 N–H and O–H groups in total. The van der Waals surface area contributed by atoms with Crippen molar-refractivity contribution in [3.8, 4) is 0 Å². The number of carbonyl (C=O) groups excluding carboxylic acids is 2. The van der Waals surface area contributed by atoms with Crippen molar-refractivity contribution in [2.45, 2.75) is 52.7 Å². The average molecular weight is 266 g/mol. The van der Waals surface area contributed by atoms with Crippen LogP contribution in [-0.4, -0.2) is 23.7 Å². The summed E-state index contributed by atoms with van der Waals surface area (Å²) in [6.07, 6.45) is 3.55. The van der Waals surface area contributed by atoms with Gasteiger partial charge in [-0.2, -0.15) is 0 Å². The number of aliphatic hydroxyl groups excluding tert-OH is 1. The molecule has 0 radical (unpaired) electrons. The lowest BCUT2D eigenvalue weighted by atomic mass is 9.61. The van der Waals surface area contributed by atoms with Gasteiger partial charge < -0.3 is 14.6 Å². The lowest BCUT2D eigenvalue weighted by molar-refractivity contribution is -0.152. The van der Waals surface area contributed by atoms with Gasteiger partial charge in [-0.1, -0.05) is 20.3 Å². The van der Waals surface area contributed by atoms with Gasteiger partial charge in [-0.3, -0.25) is 0 Å². The Morgan fingerprint density at radius 1 is 1.47 bits per heavy atom. The molecule has 1 heterocycles. The van der Waals surface area contributed by atoms with Crippen LogP contribution in [-0.2, 0) is 14.3 Å². The minimum atomic E-state index is -1.11. The van der Waals surface area contributed by atoms with Crippen LogP contribution in [0, 0.1) is 17.3 Å². The van der Waals surface area contributed by atoms with Crippen LogP contribution in [0.25, 0.3) is 0 Å². The van der Waals surface area contributed by atoms with E-state index in [9.17, 15) is 14.7 Å². The number of esters is 1. The van der Waals surface area contributed by atoms with Crippen molar-refractivity contribution in [1.29, 1.82) is 0 Å². The number of aldehydes is 1. The fourth-order valence-electron chi connectivity index (χ4n) is 3.29. The van der Waals surface area contributed by atoms with Crippen molar-refractivity contribution < 1.29 is 19.4 Å². The predicted octanol–water partition coefficient (Wildman–Crippen LogP) is 2.21. The molecule has 1 saturated carbocycles. The van der Waals surface area contributed by atoms with Crippen LogP contribution in [0.3, 0.4) is 0 Å². The fraction of sp³-hybridized carbons (Fsp3) is 0.733. The molecule has 0 aromatic rings. The van der Waals surface area contributed by atoms with Crippen LogP contribution in [0.1, 0.15) is 46.5 Å². The Bertz CT molecular complexity index is 426. The van der Waals surface area contributed by atoms with Crippen LogP contribution in [0.4, 0.5) is 0 Å². The van der Waals surface area contributed by atoms with Gasteiger partial charge in [0.25, 0.3) is 0 Å². The molecule has 0 saturated heterocycles. The van der Waals surface area contributed by atoms with Crippen molar-refractivity contribution in [1.82, 2.24) is 0 Å². The summed E-state index contributed by atoms with van der Waals surface area (Å²) in [6.45, 7) is 5.81. The van der Waals surface area contributed by atoms with Crippen molar-refractivity contribution in [3.63, 3.8) is 0 Å². The molecule has 1 aliphatic carbocycles. The molecule has 19 heavy (non-hydrogen) atoms. The molecular weight excluding hydrogens is 244 g/mol. The Morgan fingerprint density at radius 3 is 2.68 bits per heavy atom. The van der Waals surface area contributed by atoms with Gasteiger partial charge in [0.05, 0.1) is 0 Å². The molecule has 0 spiro atoms. The fourth-order valence-corrected chi connectivity index (χ4v) is 3.29. The van der Waals surface area contributed by atoms with Crippen molar-refractivity contribution in [2.24, 2.45) is 17.3 Å². The summed E-state index contributed by atoms with van der Waals surface area (Å²) in [5, 5.41) is 9.54. The van der Waals surface area contributed by atoms with Gasteiger partial charge in [0.2, 0.25) is 6.29 Å². The number of rotatable bonds is 3. The quantitative estimate of drug-likeness (QED) is 0.628. The van der Waals surface area contributed by atoms with Crippen LogP contribution >= 0.6 is 0 Å². The molecule has 0 aromatic heterocycles. The van der Waals surface area contributed by atoms with Gasteiger partial charge in [0.1, 0.15) is 6.29 Å². The van der Waals surface area contributed by atoms with Gasteiger partial charge in [0.15, 0.2) is 0 Å². The van der Waals surface area contributed by atoms with Gasteiger partial charge in [0, 0.05) is 16.6 Å². The van der Waals surface area contributed by atoms with E-state index in [4.69, 9.17) is 4.74 Å². The summed E-state index contributed by atoms with van der Waals surface area (Å²) < 4.78 is 4.81. The Kier molecular flexibility index (Phi) is 3.81.